The summed E-state index contributed by atoms with van der Waals surface area (Å²) in [6.45, 7) is 8.94. The van der Waals surface area contributed by atoms with Gasteiger partial charge in [0.2, 0.25) is 5.91 Å². The van der Waals surface area contributed by atoms with Gasteiger partial charge < -0.3 is 34.6 Å². The van der Waals surface area contributed by atoms with Crippen molar-refractivity contribution in [2.24, 2.45) is 5.92 Å². The number of rotatable bonds is 11. The van der Waals surface area contributed by atoms with Crippen LogP contribution >= 0.6 is 0 Å². The highest BCUT2D eigenvalue weighted by molar-refractivity contribution is 6.91. The van der Waals surface area contributed by atoms with Crippen LogP contribution in [-0.4, -0.2) is 94.5 Å². The molecule has 0 aliphatic carbocycles. The third-order valence-corrected chi connectivity index (χ3v) is 17.9. The maximum atomic E-state index is 15.0. The molecule has 0 radical (unpaired) electrons. The lowest BCUT2D eigenvalue weighted by Gasteiger charge is -2.39. The number of piperidine rings is 1. The number of anilines is 3. The van der Waals surface area contributed by atoms with Gasteiger partial charge in [0.15, 0.2) is 5.60 Å². The molecule has 2 spiro atoms. The Hall–Kier alpha value is -5.01. The van der Waals surface area contributed by atoms with Crippen LogP contribution in [0.3, 0.4) is 0 Å². The largest absolute Gasteiger partial charge is 0.497 e. The second-order valence-corrected chi connectivity index (χ2v) is 21.6. The fraction of sp³-hybridized carbons (Fsp3) is 0.413. The van der Waals surface area contributed by atoms with Crippen LogP contribution in [0.5, 0.6) is 5.75 Å². The van der Waals surface area contributed by atoms with E-state index < -0.39 is 25.3 Å². The normalized spacial score (nSPS) is 23.9. The second-order valence-electron chi connectivity index (χ2n) is 16.9. The summed E-state index contributed by atoms with van der Waals surface area (Å²) in [5, 5.41) is 14.7. The van der Waals surface area contributed by atoms with Crippen molar-refractivity contribution in [1.82, 2.24) is 10.2 Å². The van der Waals surface area contributed by atoms with Crippen molar-refractivity contribution in [3.8, 4) is 5.75 Å². The van der Waals surface area contributed by atoms with Crippen LogP contribution in [0.25, 0.3) is 0 Å². The molecule has 2 N–H and O–H groups in total. The van der Waals surface area contributed by atoms with E-state index >= 15 is 0 Å². The number of hydrogen-bond donors (Lipinski definition) is 2. The molecule has 4 atom stereocenters. The molecule has 11 nitrogen and oxygen atoms in total. The number of benzene rings is 4. The fourth-order valence-electron chi connectivity index (χ4n) is 10.5. The Labute approximate surface area is 342 Å². The zero-order chi connectivity index (χ0) is 40.8. The Morgan fingerprint density at radius 2 is 1.60 bits per heavy atom. The summed E-state index contributed by atoms with van der Waals surface area (Å²) in [6, 6.07) is 34.0. The minimum Gasteiger partial charge on any atom is -0.497 e. The summed E-state index contributed by atoms with van der Waals surface area (Å²) in [7, 11) is 0.898. The summed E-state index contributed by atoms with van der Waals surface area (Å²) in [5.74, 6) is 0.182. The molecule has 4 heterocycles. The Morgan fingerprint density at radius 1 is 0.931 bits per heavy atom. The van der Waals surface area contributed by atoms with E-state index in [0.29, 0.717) is 26.1 Å². The van der Waals surface area contributed by atoms with Crippen LogP contribution in [-0.2, 0) is 31.3 Å². The number of para-hydroxylation sites is 1. The highest BCUT2D eigenvalue weighted by atomic mass is 28.3. The molecule has 0 saturated carbocycles. The van der Waals surface area contributed by atoms with E-state index in [4.69, 9.17) is 9.47 Å². The van der Waals surface area contributed by atoms with Gasteiger partial charge in [-0.15, -0.1) is 0 Å². The molecule has 0 aromatic heterocycles. The van der Waals surface area contributed by atoms with Crippen molar-refractivity contribution in [3.05, 3.63) is 114 Å². The van der Waals surface area contributed by atoms with Gasteiger partial charge in [-0.05, 0) is 79.5 Å². The first-order chi connectivity index (χ1) is 28.0. The number of aliphatic hydroxyl groups is 1. The highest BCUT2D eigenvalue weighted by Gasteiger charge is 2.66. The average molecular weight is 802 g/mol. The maximum Gasteiger partial charge on any atom is 0.264 e. The predicted molar refractivity (Wildman–Crippen MR) is 229 cm³/mol. The number of carbonyl (C=O) groups excluding carboxylic acids is 3. The van der Waals surface area contributed by atoms with Crippen molar-refractivity contribution >= 4 is 48.0 Å². The number of ether oxygens (including phenoxy) is 2. The molecule has 304 valence electrons. The van der Waals surface area contributed by atoms with Crippen molar-refractivity contribution in [2.45, 2.75) is 68.6 Å². The molecule has 12 heteroatoms. The van der Waals surface area contributed by atoms with Crippen LogP contribution < -0.4 is 29.9 Å². The van der Waals surface area contributed by atoms with Crippen LogP contribution in [0.15, 0.2) is 103 Å². The molecular formula is C46H55N5O6Si. The summed E-state index contributed by atoms with van der Waals surface area (Å²) in [4.78, 5) is 51.6. The van der Waals surface area contributed by atoms with Gasteiger partial charge in [0, 0.05) is 43.0 Å². The Morgan fingerprint density at radius 3 is 2.26 bits per heavy atom. The van der Waals surface area contributed by atoms with Crippen molar-refractivity contribution < 1.29 is 29.0 Å². The number of aliphatic hydroxyl groups excluding tert-OH is 1. The summed E-state index contributed by atoms with van der Waals surface area (Å²) in [5.41, 5.74) is 1.93. The van der Waals surface area contributed by atoms with E-state index in [9.17, 15) is 19.5 Å². The van der Waals surface area contributed by atoms with E-state index in [1.807, 2.05) is 83.8 Å². The fourth-order valence-corrected chi connectivity index (χ4v) is 14.5. The number of fused-ring (bicyclic) bond motifs is 2. The molecule has 4 aliphatic heterocycles. The molecule has 58 heavy (non-hydrogen) atoms. The summed E-state index contributed by atoms with van der Waals surface area (Å²) in [6.07, 6.45) is 0.825. The molecule has 4 aromatic rings. The number of carbonyl (C=O) groups is 3. The van der Waals surface area contributed by atoms with Gasteiger partial charge in [0.1, 0.15) is 11.3 Å². The molecule has 4 aromatic carbocycles. The Bertz CT molecular complexity index is 2150. The molecular weight excluding hydrogens is 747 g/mol. The van der Waals surface area contributed by atoms with Crippen LogP contribution in [0.1, 0.15) is 37.3 Å². The molecule has 3 fully saturated rings. The first-order valence-electron chi connectivity index (χ1n) is 20.5. The third-order valence-electron chi connectivity index (χ3n) is 13.5. The smallest absolute Gasteiger partial charge is 0.264 e. The number of hydrogen-bond acceptors (Lipinski definition) is 8. The molecule has 8 rings (SSSR count). The lowest BCUT2D eigenvalue weighted by molar-refractivity contribution is -0.149. The van der Waals surface area contributed by atoms with Gasteiger partial charge in [0.25, 0.3) is 11.8 Å². The van der Waals surface area contributed by atoms with Gasteiger partial charge in [-0.3, -0.25) is 19.3 Å². The number of nitrogens with one attached hydrogen (secondary N) is 1. The maximum absolute atomic E-state index is 15.0. The minimum atomic E-state index is -2.54. The van der Waals surface area contributed by atoms with E-state index in [0.717, 1.165) is 47.0 Å². The molecule has 3 amide bonds. The van der Waals surface area contributed by atoms with Gasteiger partial charge in [-0.25, -0.2) is 0 Å². The van der Waals surface area contributed by atoms with Gasteiger partial charge >= 0.3 is 0 Å². The quantitative estimate of drug-likeness (QED) is 0.199. The Balaban J connectivity index is 1.20. The SMILES string of the molecule is COc1ccc([Si](C)(C)[C@H]2[C@H](CC(=O)N(CCO)Cc3ccccc3)O[C@@]3(C(=O)N(C)c4ccc(N5CN(c6ccccc6)C6(CCNCC6)C5=O)cc43)[C@@H]2C)cc1. The standard InChI is InChI=1S/C46H55N5O6Si/c1-32-42(58(4,5)37-19-17-36(56-3)18-20-37)40(29-41(53)49(26-27-52)30-33-12-8-6-9-13-33)57-46(32)38-28-35(16-21-39(38)48(2)44(46)55)50-31-51(34-14-10-7-11-15-34)45(43(50)54)22-24-47-25-23-45/h6-21,28,32,40,42,47,52H,22-27,29-31H2,1-5H3/t32-,40+,42-,46+/m1/s1. The summed E-state index contributed by atoms with van der Waals surface area (Å²) >= 11 is 0. The van der Waals surface area contributed by atoms with E-state index in [-0.39, 0.29) is 48.8 Å². The van der Waals surface area contributed by atoms with Crippen LogP contribution in [0, 0.1) is 5.92 Å². The van der Waals surface area contributed by atoms with E-state index in [1.165, 1.54) is 5.19 Å². The second kappa shape index (κ2) is 15.6. The summed E-state index contributed by atoms with van der Waals surface area (Å²) < 4.78 is 12.8. The predicted octanol–water partition coefficient (Wildman–Crippen LogP) is 5.23. The first-order valence-corrected chi connectivity index (χ1v) is 23.6. The van der Waals surface area contributed by atoms with Crippen molar-refractivity contribution in [3.63, 3.8) is 0 Å². The minimum absolute atomic E-state index is 0.0510. The topological polar surface area (TPSA) is 115 Å². The number of nitrogens with zero attached hydrogens (tertiary/aromatic N) is 4. The molecule has 3 saturated heterocycles. The highest BCUT2D eigenvalue weighted by Crippen LogP contribution is 2.60. The average Bonchev–Trinajstić information content (AvgIpc) is 3.78. The van der Waals surface area contributed by atoms with Gasteiger partial charge in [0.05, 0.1) is 46.7 Å². The van der Waals surface area contributed by atoms with Gasteiger partial charge in [-0.1, -0.05) is 85.9 Å². The zero-order valence-electron chi connectivity index (χ0n) is 34.2. The number of likely N-dealkylation sites (N-methyl/N-ethyl adjacent to an activating group) is 1. The number of methoxy groups -OCH3 is 1. The molecule has 0 bridgehead atoms. The van der Waals surface area contributed by atoms with E-state index in [1.54, 1.807) is 24.0 Å². The lowest BCUT2D eigenvalue weighted by Crippen LogP contribution is -2.55. The van der Waals surface area contributed by atoms with E-state index in [2.05, 4.69) is 54.5 Å². The first kappa shape index (κ1) is 39.8. The van der Waals surface area contributed by atoms with Crippen molar-refractivity contribution in [2.75, 3.05) is 61.8 Å². The van der Waals surface area contributed by atoms with Gasteiger partial charge in [-0.2, -0.15) is 0 Å². The zero-order valence-corrected chi connectivity index (χ0v) is 35.2. The Kier molecular flexibility index (Phi) is 10.7. The molecule has 0 unspecified atom stereocenters. The monoisotopic (exact) mass is 801 g/mol. The van der Waals surface area contributed by atoms with Crippen LogP contribution in [0.4, 0.5) is 17.1 Å². The number of amides is 3. The van der Waals surface area contributed by atoms with Crippen LogP contribution in [0.2, 0.25) is 18.6 Å². The van der Waals surface area contributed by atoms with Crippen molar-refractivity contribution in [1.29, 1.82) is 0 Å². The third kappa shape index (κ3) is 6.50. The lowest BCUT2D eigenvalue weighted by atomic mass is 9.82. The molecule has 4 aliphatic rings.